The van der Waals surface area contributed by atoms with Gasteiger partial charge in [-0.1, -0.05) is 5.16 Å². The fraction of sp³-hybridized carbons (Fsp3) is 0.667. The van der Waals surface area contributed by atoms with E-state index in [2.05, 4.69) is 10.5 Å². The lowest BCUT2D eigenvalue weighted by Crippen LogP contribution is -2.26. The molecule has 0 unspecified atom stereocenters. The second-order valence-corrected chi connectivity index (χ2v) is 5.13. The van der Waals surface area contributed by atoms with Crippen molar-refractivity contribution in [2.24, 2.45) is 5.73 Å². The third kappa shape index (κ3) is 6.84. The molecule has 0 aliphatic carbocycles. The van der Waals surface area contributed by atoms with Gasteiger partial charge in [-0.2, -0.15) is 0 Å². The molecule has 5 nitrogen and oxygen atoms in total. The van der Waals surface area contributed by atoms with Crippen LogP contribution in [0.1, 0.15) is 29.9 Å². The summed E-state index contributed by atoms with van der Waals surface area (Å²) in [6.45, 7) is 5.20. The van der Waals surface area contributed by atoms with Gasteiger partial charge in [0.05, 0.1) is 11.4 Å². The van der Waals surface area contributed by atoms with Crippen molar-refractivity contribution in [2.75, 3.05) is 18.8 Å². The van der Waals surface area contributed by atoms with Gasteiger partial charge in [0.1, 0.15) is 5.76 Å². The van der Waals surface area contributed by atoms with Crippen molar-refractivity contribution in [3.63, 3.8) is 0 Å². The average molecular weight is 308 g/mol. The average Bonchev–Trinajstić information content (AvgIpc) is 2.66. The molecule has 3 N–H and O–H groups in total. The van der Waals surface area contributed by atoms with Gasteiger partial charge in [0.2, 0.25) is 5.91 Å². The zero-order valence-corrected chi connectivity index (χ0v) is 13.0. The SMILES string of the molecule is Cc1noc(C)c1CSCC(=O)NCCCCN.Cl. The van der Waals surface area contributed by atoms with Crippen LogP contribution in [-0.4, -0.2) is 29.9 Å². The topological polar surface area (TPSA) is 81.2 Å². The third-order valence-corrected chi connectivity index (χ3v) is 3.57. The lowest BCUT2D eigenvalue weighted by Gasteiger charge is -2.04. The van der Waals surface area contributed by atoms with Gasteiger partial charge in [-0.25, -0.2) is 0 Å². The number of hydrogen-bond acceptors (Lipinski definition) is 5. The minimum atomic E-state index is 0. The molecule has 1 aromatic rings. The minimum Gasteiger partial charge on any atom is -0.361 e. The number of thioether (sulfide) groups is 1. The zero-order valence-electron chi connectivity index (χ0n) is 11.4. The van der Waals surface area contributed by atoms with Crippen LogP contribution in [-0.2, 0) is 10.5 Å². The summed E-state index contributed by atoms with van der Waals surface area (Å²) in [5.41, 5.74) is 7.38. The van der Waals surface area contributed by atoms with Crippen LogP contribution in [0, 0.1) is 13.8 Å². The number of aromatic nitrogens is 1. The van der Waals surface area contributed by atoms with Crippen LogP contribution in [0.3, 0.4) is 0 Å². The van der Waals surface area contributed by atoms with Gasteiger partial charge < -0.3 is 15.6 Å². The molecule has 1 heterocycles. The third-order valence-electron chi connectivity index (χ3n) is 2.61. The molecule has 0 aromatic carbocycles. The zero-order chi connectivity index (χ0) is 13.4. The minimum absolute atomic E-state index is 0. The molecule has 0 atom stereocenters. The Kier molecular flexibility index (Phi) is 9.73. The number of nitrogens with one attached hydrogen (secondary N) is 1. The Labute approximate surface area is 124 Å². The molecule has 0 radical (unpaired) electrons. The normalized spacial score (nSPS) is 10.1. The summed E-state index contributed by atoms with van der Waals surface area (Å²) in [5.74, 6) is 2.14. The van der Waals surface area contributed by atoms with E-state index in [4.69, 9.17) is 10.3 Å². The Morgan fingerprint density at radius 1 is 1.42 bits per heavy atom. The summed E-state index contributed by atoms with van der Waals surface area (Å²) in [7, 11) is 0. The molecule has 110 valence electrons. The quantitative estimate of drug-likeness (QED) is 0.716. The van der Waals surface area contributed by atoms with Crippen LogP contribution in [0.4, 0.5) is 0 Å². The van der Waals surface area contributed by atoms with Crippen molar-refractivity contribution < 1.29 is 9.32 Å². The van der Waals surface area contributed by atoms with Crippen molar-refractivity contribution in [2.45, 2.75) is 32.4 Å². The van der Waals surface area contributed by atoms with Crippen molar-refractivity contribution in [3.8, 4) is 0 Å². The maximum atomic E-state index is 11.5. The highest BCUT2D eigenvalue weighted by molar-refractivity contribution is 7.99. The number of aryl methyl sites for hydroxylation is 2. The number of unbranched alkanes of at least 4 members (excludes halogenated alkanes) is 1. The lowest BCUT2D eigenvalue weighted by atomic mass is 10.2. The summed E-state index contributed by atoms with van der Waals surface area (Å²) in [4.78, 5) is 11.5. The van der Waals surface area contributed by atoms with Gasteiger partial charge in [0.25, 0.3) is 0 Å². The van der Waals surface area contributed by atoms with Gasteiger partial charge in [-0.15, -0.1) is 24.2 Å². The van der Waals surface area contributed by atoms with Crippen LogP contribution >= 0.6 is 24.2 Å². The van der Waals surface area contributed by atoms with Crippen LogP contribution in [0.5, 0.6) is 0 Å². The van der Waals surface area contributed by atoms with Gasteiger partial charge in [-0.05, 0) is 33.2 Å². The van der Waals surface area contributed by atoms with Gasteiger partial charge in [-0.3, -0.25) is 4.79 Å². The molecular weight excluding hydrogens is 286 g/mol. The van der Waals surface area contributed by atoms with Gasteiger partial charge >= 0.3 is 0 Å². The summed E-state index contributed by atoms with van der Waals surface area (Å²) in [6, 6.07) is 0. The Morgan fingerprint density at radius 2 is 2.16 bits per heavy atom. The first-order valence-corrected chi connectivity index (χ1v) is 7.27. The highest BCUT2D eigenvalue weighted by Crippen LogP contribution is 2.19. The molecule has 0 aliphatic rings. The van der Waals surface area contributed by atoms with Crippen molar-refractivity contribution >= 4 is 30.1 Å². The molecule has 0 spiro atoms. The van der Waals surface area contributed by atoms with E-state index in [0.717, 1.165) is 35.6 Å². The van der Waals surface area contributed by atoms with E-state index in [1.807, 2.05) is 13.8 Å². The largest absolute Gasteiger partial charge is 0.361 e. The van der Waals surface area contributed by atoms with Crippen molar-refractivity contribution in [1.82, 2.24) is 10.5 Å². The molecule has 7 heteroatoms. The number of carbonyl (C=O) groups excluding carboxylic acids is 1. The maximum Gasteiger partial charge on any atom is 0.230 e. The first kappa shape index (κ1) is 18.3. The molecule has 1 aromatic heterocycles. The van der Waals surface area contributed by atoms with Crippen molar-refractivity contribution in [3.05, 3.63) is 17.0 Å². The standard InChI is InChI=1S/C12H21N3O2S.ClH/c1-9-11(10(2)17-15-9)7-18-8-12(16)14-6-4-3-5-13;/h3-8,13H2,1-2H3,(H,14,16);1H. The first-order valence-electron chi connectivity index (χ1n) is 6.11. The van der Waals surface area contributed by atoms with Crippen LogP contribution in [0.25, 0.3) is 0 Å². The lowest BCUT2D eigenvalue weighted by molar-refractivity contribution is -0.118. The Morgan fingerprint density at radius 3 is 2.74 bits per heavy atom. The number of nitrogens with zero attached hydrogens (tertiary/aromatic N) is 1. The number of carbonyl (C=O) groups is 1. The van der Waals surface area contributed by atoms with E-state index in [-0.39, 0.29) is 18.3 Å². The Balaban J connectivity index is 0.00000324. The van der Waals surface area contributed by atoms with Gasteiger partial charge in [0, 0.05) is 17.9 Å². The Bertz CT molecular complexity index is 366. The van der Waals surface area contributed by atoms with E-state index >= 15 is 0 Å². The van der Waals surface area contributed by atoms with Crippen LogP contribution in [0.2, 0.25) is 0 Å². The predicted octanol–water partition coefficient (Wildman–Crippen LogP) is 1.80. The fourth-order valence-electron chi connectivity index (χ4n) is 1.50. The predicted molar refractivity (Wildman–Crippen MR) is 80.7 cm³/mol. The molecule has 0 bridgehead atoms. The molecule has 0 saturated carbocycles. The highest BCUT2D eigenvalue weighted by atomic mass is 35.5. The second kappa shape index (κ2) is 10.1. The monoisotopic (exact) mass is 307 g/mol. The van der Waals surface area contributed by atoms with Crippen molar-refractivity contribution in [1.29, 1.82) is 0 Å². The summed E-state index contributed by atoms with van der Waals surface area (Å²) in [5, 5.41) is 6.76. The Hall–Kier alpha value is -0.720. The molecule has 19 heavy (non-hydrogen) atoms. The van der Waals surface area contributed by atoms with Gasteiger partial charge in [0.15, 0.2) is 0 Å². The second-order valence-electron chi connectivity index (χ2n) is 4.14. The molecular formula is C12H22ClN3O2S. The van der Waals surface area contributed by atoms with E-state index in [1.54, 1.807) is 11.8 Å². The van der Waals surface area contributed by atoms with Crippen LogP contribution < -0.4 is 11.1 Å². The van der Waals surface area contributed by atoms with E-state index < -0.39 is 0 Å². The van der Waals surface area contributed by atoms with Crippen LogP contribution in [0.15, 0.2) is 4.52 Å². The first-order chi connectivity index (χ1) is 8.65. The maximum absolute atomic E-state index is 11.5. The molecule has 1 rings (SSSR count). The summed E-state index contributed by atoms with van der Waals surface area (Å²) < 4.78 is 5.07. The fourth-order valence-corrected chi connectivity index (χ4v) is 2.51. The summed E-state index contributed by atoms with van der Waals surface area (Å²) >= 11 is 1.57. The molecule has 0 aliphatic heterocycles. The number of rotatable bonds is 8. The number of hydrogen-bond donors (Lipinski definition) is 2. The number of halogens is 1. The smallest absolute Gasteiger partial charge is 0.230 e. The molecule has 0 saturated heterocycles. The number of nitrogens with two attached hydrogens (primary N) is 1. The molecule has 1 amide bonds. The van der Waals surface area contributed by atoms with E-state index in [1.165, 1.54) is 0 Å². The molecule has 0 fully saturated rings. The summed E-state index contributed by atoms with van der Waals surface area (Å²) in [6.07, 6.45) is 1.89. The van der Waals surface area contributed by atoms with E-state index in [9.17, 15) is 4.79 Å². The number of amides is 1. The van der Waals surface area contributed by atoms with E-state index in [0.29, 0.717) is 18.8 Å². The highest BCUT2D eigenvalue weighted by Gasteiger charge is 2.09.